The Morgan fingerprint density at radius 1 is 1.22 bits per heavy atom. The number of halogens is 1. The van der Waals surface area contributed by atoms with E-state index in [0.29, 0.717) is 12.5 Å². The summed E-state index contributed by atoms with van der Waals surface area (Å²) in [6.45, 7) is 0.704. The van der Waals surface area contributed by atoms with Crippen molar-refractivity contribution < 1.29 is 9.13 Å². The molecule has 0 bridgehead atoms. The van der Waals surface area contributed by atoms with E-state index >= 15 is 0 Å². The molecule has 1 aliphatic rings. The van der Waals surface area contributed by atoms with E-state index in [9.17, 15) is 4.39 Å². The third kappa shape index (κ3) is 2.35. The van der Waals surface area contributed by atoms with Gasteiger partial charge in [-0.05, 0) is 36.6 Å². The standard InChI is InChI=1S/C15H14FNO/c16-13-5-6-14(17-9-13)8-11-7-12-3-1-2-4-15(12)18-10-11/h1-6,9,11H,7-8,10H2. The second-order valence-electron chi connectivity index (χ2n) is 4.66. The number of rotatable bonds is 2. The average molecular weight is 243 g/mol. The van der Waals surface area contributed by atoms with Crippen LogP contribution in [0.4, 0.5) is 4.39 Å². The highest BCUT2D eigenvalue weighted by molar-refractivity contribution is 5.35. The van der Waals surface area contributed by atoms with Gasteiger partial charge in [-0.3, -0.25) is 4.98 Å². The Hall–Kier alpha value is -1.90. The van der Waals surface area contributed by atoms with Crippen molar-refractivity contribution in [1.82, 2.24) is 4.98 Å². The molecule has 0 amide bonds. The van der Waals surface area contributed by atoms with Crippen LogP contribution in [0.3, 0.4) is 0 Å². The molecule has 1 atom stereocenters. The highest BCUT2D eigenvalue weighted by Crippen LogP contribution is 2.28. The third-order valence-electron chi connectivity index (χ3n) is 3.24. The lowest BCUT2D eigenvalue weighted by Crippen LogP contribution is -2.23. The minimum atomic E-state index is -0.288. The smallest absolute Gasteiger partial charge is 0.141 e. The number of nitrogens with zero attached hydrogens (tertiary/aromatic N) is 1. The van der Waals surface area contributed by atoms with E-state index in [0.717, 1.165) is 24.3 Å². The number of benzene rings is 1. The lowest BCUT2D eigenvalue weighted by atomic mass is 9.93. The summed E-state index contributed by atoms with van der Waals surface area (Å²) in [7, 11) is 0. The molecule has 2 heterocycles. The summed E-state index contributed by atoms with van der Waals surface area (Å²) in [5.41, 5.74) is 2.17. The van der Waals surface area contributed by atoms with Crippen molar-refractivity contribution >= 4 is 0 Å². The average Bonchev–Trinajstić information content (AvgIpc) is 2.41. The van der Waals surface area contributed by atoms with Crippen molar-refractivity contribution in [2.45, 2.75) is 12.8 Å². The van der Waals surface area contributed by atoms with Crippen LogP contribution in [-0.2, 0) is 12.8 Å². The molecule has 18 heavy (non-hydrogen) atoms. The van der Waals surface area contributed by atoms with E-state index in [-0.39, 0.29) is 5.82 Å². The lowest BCUT2D eigenvalue weighted by Gasteiger charge is -2.24. The van der Waals surface area contributed by atoms with Crippen molar-refractivity contribution in [1.29, 1.82) is 0 Å². The van der Waals surface area contributed by atoms with Crippen LogP contribution in [0.15, 0.2) is 42.6 Å². The van der Waals surface area contributed by atoms with Gasteiger partial charge in [0.05, 0.1) is 12.8 Å². The van der Waals surface area contributed by atoms with Crippen LogP contribution in [0.5, 0.6) is 5.75 Å². The summed E-state index contributed by atoms with van der Waals surface area (Å²) in [6, 6.07) is 11.3. The van der Waals surface area contributed by atoms with E-state index < -0.39 is 0 Å². The van der Waals surface area contributed by atoms with Crippen molar-refractivity contribution in [3.63, 3.8) is 0 Å². The van der Waals surface area contributed by atoms with Crippen molar-refractivity contribution in [2.75, 3.05) is 6.61 Å². The highest BCUT2D eigenvalue weighted by atomic mass is 19.1. The fourth-order valence-corrected chi connectivity index (χ4v) is 2.34. The number of aromatic nitrogens is 1. The van der Waals surface area contributed by atoms with Gasteiger partial charge in [0.2, 0.25) is 0 Å². The first-order valence-electron chi connectivity index (χ1n) is 6.12. The maximum absolute atomic E-state index is 12.8. The molecule has 0 fully saturated rings. The molecule has 3 heteroatoms. The van der Waals surface area contributed by atoms with Gasteiger partial charge in [-0.15, -0.1) is 0 Å². The van der Waals surface area contributed by atoms with Crippen molar-refractivity contribution in [3.05, 3.63) is 59.7 Å². The van der Waals surface area contributed by atoms with Gasteiger partial charge >= 0.3 is 0 Å². The van der Waals surface area contributed by atoms with Crippen LogP contribution in [0.2, 0.25) is 0 Å². The van der Waals surface area contributed by atoms with Gasteiger partial charge in [0.15, 0.2) is 0 Å². The van der Waals surface area contributed by atoms with E-state index in [2.05, 4.69) is 11.1 Å². The van der Waals surface area contributed by atoms with Crippen LogP contribution in [0.1, 0.15) is 11.3 Å². The largest absolute Gasteiger partial charge is 0.493 e. The van der Waals surface area contributed by atoms with Crippen LogP contribution in [0, 0.1) is 11.7 Å². The molecule has 0 spiro atoms. The summed E-state index contributed by atoms with van der Waals surface area (Å²) in [6.07, 6.45) is 3.09. The first kappa shape index (κ1) is 11.2. The SMILES string of the molecule is Fc1ccc(CC2COc3ccccc3C2)nc1. The molecule has 0 saturated heterocycles. The summed E-state index contributed by atoms with van der Waals surface area (Å²) in [5.74, 6) is 1.11. The van der Waals surface area contributed by atoms with Crippen LogP contribution < -0.4 is 4.74 Å². The Morgan fingerprint density at radius 2 is 2.11 bits per heavy atom. The van der Waals surface area contributed by atoms with Crippen LogP contribution in [-0.4, -0.2) is 11.6 Å². The lowest BCUT2D eigenvalue weighted by molar-refractivity contribution is 0.220. The topological polar surface area (TPSA) is 22.1 Å². The minimum Gasteiger partial charge on any atom is -0.493 e. The number of ether oxygens (including phenoxy) is 1. The molecule has 0 aliphatic carbocycles. The van der Waals surface area contributed by atoms with Crippen LogP contribution >= 0.6 is 0 Å². The van der Waals surface area contributed by atoms with Crippen molar-refractivity contribution in [3.8, 4) is 5.75 Å². The molecule has 1 aromatic carbocycles. The Labute approximate surface area is 105 Å². The molecule has 1 aromatic heterocycles. The van der Waals surface area contributed by atoms with Gasteiger partial charge in [-0.1, -0.05) is 18.2 Å². The fourth-order valence-electron chi connectivity index (χ4n) is 2.34. The van der Waals surface area contributed by atoms with Gasteiger partial charge in [-0.2, -0.15) is 0 Å². The predicted octanol–water partition coefficient (Wildman–Crippen LogP) is 3.01. The minimum absolute atomic E-state index is 0.288. The van der Waals surface area contributed by atoms with E-state index in [1.54, 1.807) is 6.07 Å². The summed E-state index contributed by atoms with van der Waals surface area (Å²) >= 11 is 0. The zero-order valence-electron chi connectivity index (χ0n) is 9.97. The summed E-state index contributed by atoms with van der Waals surface area (Å²) in [5, 5.41) is 0. The number of fused-ring (bicyclic) bond motifs is 1. The maximum Gasteiger partial charge on any atom is 0.141 e. The number of hydrogen-bond acceptors (Lipinski definition) is 2. The quantitative estimate of drug-likeness (QED) is 0.809. The van der Waals surface area contributed by atoms with Gasteiger partial charge < -0.3 is 4.74 Å². The van der Waals surface area contributed by atoms with E-state index in [1.165, 1.54) is 17.8 Å². The molecule has 2 nitrogen and oxygen atoms in total. The van der Waals surface area contributed by atoms with E-state index in [4.69, 9.17) is 4.74 Å². The second-order valence-corrected chi connectivity index (χ2v) is 4.66. The summed E-state index contributed by atoms with van der Waals surface area (Å²) < 4.78 is 18.5. The molecule has 1 unspecified atom stereocenters. The Balaban J connectivity index is 1.71. The van der Waals surface area contributed by atoms with Gasteiger partial charge in [0.25, 0.3) is 0 Å². The second kappa shape index (κ2) is 4.77. The number of para-hydroxylation sites is 1. The Bertz CT molecular complexity index is 538. The number of hydrogen-bond donors (Lipinski definition) is 0. The van der Waals surface area contributed by atoms with E-state index in [1.807, 2.05) is 18.2 Å². The molecular weight excluding hydrogens is 229 g/mol. The normalized spacial score (nSPS) is 17.9. The van der Waals surface area contributed by atoms with Gasteiger partial charge in [-0.25, -0.2) is 4.39 Å². The molecule has 2 aromatic rings. The fraction of sp³-hybridized carbons (Fsp3) is 0.267. The molecule has 1 aliphatic heterocycles. The third-order valence-corrected chi connectivity index (χ3v) is 3.24. The highest BCUT2D eigenvalue weighted by Gasteiger charge is 2.20. The molecular formula is C15H14FNO. The molecule has 0 N–H and O–H groups in total. The zero-order chi connectivity index (χ0) is 12.4. The first-order valence-corrected chi connectivity index (χ1v) is 6.12. The number of pyridine rings is 1. The molecule has 0 saturated carbocycles. The molecule has 0 radical (unpaired) electrons. The van der Waals surface area contributed by atoms with Gasteiger partial charge in [0, 0.05) is 11.6 Å². The first-order chi connectivity index (χ1) is 8.81. The summed E-state index contributed by atoms with van der Waals surface area (Å²) in [4.78, 5) is 4.10. The monoisotopic (exact) mass is 243 g/mol. The Morgan fingerprint density at radius 3 is 2.94 bits per heavy atom. The predicted molar refractivity (Wildman–Crippen MR) is 67.0 cm³/mol. The van der Waals surface area contributed by atoms with Crippen molar-refractivity contribution in [2.24, 2.45) is 5.92 Å². The zero-order valence-corrected chi connectivity index (χ0v) is 9.97. The molecule has 3 rings (SSSR count). The van der Waals surface area contributed by atoms with Gasteiger partial charge in [0.1, 0.15) is 11.6 Å². The molecule has 92 valence electrons. The Kier molecular flexibility index (Phi) is 2.97. The maximum atomic E-state index is 12.8. The van der Waals surface area contributed by atoms with Crippen LogP contribution in [0.25, 0.3) is 0 Å².